The third-order valence-electron chi connectivity index (χ3n) is 0.605. The highest BCUT2D eigenvalue weighted by Gasteiger charge is 2.01. The molecule has 0 aliphatic rings. The normalized spacial score (nSPS) is 8.09. The van der Waals surface area contributed by atoms with E-state index in [2.05, 4.69) is 26.6 Å². The highest BCUT2D eigenvalue weighted by Crippen LogP contribution is 1.79. The topological polar surface area (TPSA) is 67.8 Å². The Bertz CT molecular complexity index is 211. The van der Waals surface area contributed by atoms with E-state index >= 15 is 0 Å². The molecule has 0 aromatic carbocycles. The van der Waals surface area contributed by atoms with Crippen molar-refractivity contribution in [1.82, 2.24) is 5.32 Å². The van der Waals surface area contributed by atoms with Gasteiger partial charge in [0.05, 0.1) is 6.61 Å². The van der Waals surface area contributed by atoms with Crippen molar-refractivity contribution in [3.05, 3.63) is 0 Å². The number of hydrogen-bond donors (Lipinski definition) is 1. The van der Waals surface area contributed by atoms with Crippen LogP contribution in [0.1, 0.15) is 6.92 Å². The highest BCUT2D eigenvalue weighted by molar-refractivity contribution is 7.80. The van der Waals surface area contributed by atoms with E-state index in [9.17, 15) is 9.00 Å². The molecule has 0 heterocycles. The van der Waals surface area contributed by atoms with Gasteiger partial charge in [0.25, 0.3) is 0 Å². The summed E-state index contributed by atoms with van der Waals surface area (Å²) in [7, 11) is 0. The largest absolute Gasteiger partial charge is 0.450 e. The molecule has 0 aromatic heterocycles. The molecule has 11 heavy (non-hydrogen) atoms. The predicted octanol–water partition coefficient (Wildman–Crippen LogP) is 0.414. The molecule has 0 aliphatic carbocycles. The zero-order chi connectivity index (χ0) is 8.69. The van der Waals surface area contributed by atoms with Crippen molar-refractivity contribution >= 4 is 34.9 Å². The van der Waals surface area contributed by atoms with E-state index in [0.717, 1.165) is 0 Å². The van der Waals surface area contributed by atoms with Gasteiger partial charge in [-0.15, -0.1) is 4.36 Å². The Labute approximate surface area is 72.4 Å². The molecule has 0 radical (unpaired) electrons. The first-order valence-corrected chi connectivity index (χ1v) is 3.79. The molecule has 1 amide bonds. The third-order valence-corrected chi connectivity index (χ3v) is 1.17. The molecule has 0 spiro atoms. The van der Waals surface area contributed by atoms with Crippen molar-refractivity contribution in [2.75, 3.05) is 6.61 Å². The number of carbonyl (C=O) groups excluding carboxylic acids is 1. The molecule has 0 aromatic rings. The van der Waals surface area contributed by atoms with Crippen molar-refractivity contribution < 1.29 is 13.7 Å². The second-order valence-electron chi connectivity index (χ2n) is 1.32. The minimum absolute atomic E-state index is 0.0667. The standard InChI is InChI=1S/C4H6N2O3S2/c1-2-9-4(7)5-3(10)6-11-8/h2H2,1H3,(H,5,7,10). The Morgan fingerprint density at radius 1 is 1.82 bits per heavy atom. The Morgan fingerprint density at radius 3 is 2.91 bits per heavy atom. The van der Waals surface area contributed by atoms with Crippen molar-refractivity contribution in [1.29, 1.82) is 0 Å². The van der Waals surface area contributed by atoms with Gasteiger partial charge in [-0.2, -0.15) is 4.21 Å². The number of rotatable bonds is 1. The van der Waals surface area contributed by atoms with Gasteiger partial charge < -0.3 is 4.74 Å². The first kappa shape index (κ1) is 10.2. The van der Waals surface area contributed by atoms with Crippen LogP contribution in [0.3, 0.4) is 0 Å². The second kappa shape index (κ2) is 5.93. The summed E-state index contributed by atoms with van der Waals surface area (Å²) in [6.45, 7) is 1.90. The van der Waals surface area contributed by atoms with Crippen molar-refractivity contribution in [3.8, 4) is 0 Å². The summed E-state index contributed by atoms with van der Waals surface area (Å²) < 4.78 is 17.3. The van der Waals surface area contributed by atoms with Crippen LogP contribution in [0, 0.1) is 0 Å². The summed E-state index contributed by atoms with van der Waals surface area (Å²) in [5.74, 6) is 0. The Kier molecular flexibility index (Phi) is 5.49. The molecule has 0 rings (SSSR count). The SMILES string of the molecule is CCOC(=O)NC(=S)N=S=O. The molecule has 0 saturated carbocycles. The maximum Gasteiger partial charge on any atom is 0.413 e. The molecule has 0 bridgehead atoms. The van der Waals surface area contributed by atoms with Crippen molar-refractivity contribution in [2.24, 2.45) is 4.36 Å². The average molecular weight is 194 g/mol. The lowest BCUT2D eigenvalue weighted by Gasteiger charge is -1.99. The van der Waals surface area contributed by atoms with Gasteiger partial charge >= 0.3 is 6.09 Å². The molecule has 1 N–H and O–H groups in total. The molecule has 0 atom stereocenters. The number of thiocarbonyl (C=S) groups is 1. The lowest BCUT2D eigenvalue weighted by molar-refractivity contribution is 0.158. The highest BCUT2D eigenvalue weighted by atomic mass is 32.1. The van der Waals surface area contributed by atoms with Crippen LogP contribution >= 0.6 is 12.2 Å². The number of nitrogens with one attached hydrogen (secondary N) is 1. The quantitative estimate of drug-likeness (QED) is 0.614. The molecule has 0 aliphatic heterocycles. The summed E-state index contributed by atoms with van der Waals surface area (Å²) in [5.41, 5.74) is 0. The Hall–Kier alpha value is -0.820. The van der Waals surface area contributed by atoms with Crippen LogP contribution in [0.2, 0.25) is 0 Å². The molecule has 0 unspecified atom stereocenters. The lowest BCUT2D eigenvalue weighted by atomic mass is 10.8. The summed E-state index contributed by atoms with van der Waals surface area (Å²) in [6.07, 6.45) is -0.699. The second-order valence-corrected chi connectivity index (χ2v) is 2.03. The third kappa shape index (κ3) is 5.62. The van der Waals surface area contributed by atoms with Crippen LogP contribution in [-0.2, 0) is 16.2 Å². The summed E-state index contributed by atoms with van der Waals surface area (Å²) in [5, 5.41) is 1.89. The number of hydrogen-bond acceptors (Lipinski definition) is 4. The molecular formula is C4H6N2O3S2. The smallest absolute Gasteiger partial charge is 0.413 e. The van der Waals surface area contributed by atoms with Gasteiger partial charge in [-0.3, -0.25) is 5.32 Å². The lowest BCUT2D eigenvalue weighted by Crippen LogP contribution is -2.27. The summed E-state index contributed by atoms with van der Waals surface area (Å²) in [6, 6.07) is 0. The number of alkyl carbamates (subject to hydrolysis) is 1. The summed E-state index contributed by atoms with van der Waals surface area (Å²) in [4.78, 5) is 10.5. The van der Waals surface area contributed by atoms with E-state index in [4.69, 9.17) is 0 Å². The number of nitrogens with zero attached hydrogens (tertiary/aromatic N) is 1. The van der Waals surface area contributed by atoms with Gasteiger partial charge in [0.15, 0.2) is 0 Å². The van der Waals surface area contributed by atoms with Gasteiger partial charge in [-0.25, -0.2) is 4.79 Å². The van der Waals surface area contributed by atoms with Gasteiger partial charge in [0, 0.05) is 0 Å². The Balaban J connectivity index is 3.75. The van der Waals surface area contributed by atoms with Crippen LogP contribution in [0.15, 0.2) is 4.36 Å². The van der Waals surface area contributed by atoms with Gasteiger partial charge in [0.2, 0.25) is 16.6 Å². The predicted molar refractivity (Wildman–Crippen MR) is 43.3 cm³/mol. The van der Waals surface area contributed by atoms with Crippen molar-refractivity contribution in [2.45, 2.75) is 6.92 Å². The van der Waals surface area contributed by atoms with Crippen LogP contribution in [0.4, 0.5) is 4.79 Å². The first-order valence-electron chi connectivity index (χ1n) is 2.68. The van der Waals surface area contributed by atoms with Crippen LogP contribution in [0.25, 0.3) is 0 Å². The maximum atomic E-state index is 10.5. The minimum atomic E-state index is -0.699. The van der Waals surface area contributed by atoms with Crippen LogP contribution in [0.5, 0.6) is 0 Å². The van der Waals surface area contributed by atoms with E-state index < -0.39 is 6.09 Å². The number of carbonyl (C=O) groups is 1. The van der Waals surface area contributed by atoms with E-state index in [1.54, 1.807) is 6.92 Å². The van der Waals surface area contributed by atoms with Gasteiger partial charge in [-0.05, 0) is 19.1 Å². The average Bonchev–Trinajstić information content (AvgIpc) is 1.87. The number of amides is 1. The molecule has 7 heteroatoms. The summed E-state index contributed by atoms with van der Waals surface area (Å²) >= 11 is 4.38. The fraction of sp³-hybridized carbons (Fsp3) is 0.500. The molecular weight excluding hydrogens is 188 g/mol. The molecule has 0 saturated heterocycles. The number of ether oxygens (including phenoxy) is 1. The monoisotopic (exact) mass is 194 g/mol. The maximum absolute atomic E-state index is 10.5. The zero-order valence-corrected chi connectivity index (χ0v) is 7.33. The van der Waals surface area contributed by atoms with E-state index in [1.165, 1.54) is 0 Å². The van der Waals surface area contributed by atoms with Crippen LogP contribution in [-0.4, -0.2) is 22.0 Å². The molecule has 5 nitrogen and oxygen atoms in total. The molecule has 0 fully saturated rings. The van der Waals surface area contributed by atoms with Crippen LogP contribution < -0.4 is 5.32 Å². The van der Waals surface area contributed by atoms with Gasteiger partial charge in [-0.1, -0.05) is 0 Å². The fourth-order valence-corrected chi connectivity index (χ4v) is 0.599. The minimum Gasteiger partial charge on any atom is -0.450 e. The van der Waals surface area contributed by atoms with Crippen molar-refractivity contribution in [3.63, 3.8) is 0 Å². The van der Waals surface area contributed by atoms with Gasteiger partial charge in [0.1, 0.15) is 0 Å². The Morgan fingerprint density at radius 2 is 2.45 bits per heavy atom. The van der Waals surface area contributed by atoms with E-state index in [0.29, 0.717) is 0 Å². The van der Waals surface area contributed by atoms with E-state index in [-0.39, 0.29) is 23.2 Å². The first-order chi connectivity index (χ1) is 5.20. The zero-order valence-electron chi connectivity index (χ0n) is 5.70. The van der Waals surface area contributed by atoms with E-state index in [1.807, 2.05) is 0 Å². The fourth-order valence-electron chi connectivity index (χ4n) is 0.311. The molecule has 62 valence electrons.